The van der Waals surface area contributed by atoms with Crippen LogP contribution in [0.1, 0.15) is 44.9 Å². The van der Waals surface area contributed by atoms with Crippen molar-refractivity contribution in [2.24, 2.45) is 0 Å². The number of nitrogens with zero attached hydrogens (tertiary/aromatic N) is 1. The number of rotatable bonds is 6. The number of carbonyl (C=O) groups excluding carboxylic acids is 1. The van der Waals surface area contributed by atoms with Crippen LogP contribution in [0.3, 0.4) is 0 Å². The molecule has 0 saturated carbocycles. The van der Waals surface area contributed by atoms with Crippen LogP contribution in [0, 0.1) is 6.92 Å². The fraction of sp³-hybridized carbons (Fsp3) is 0.562. The van der Waals surface area contributed by atoms with E-state index in [4.69, 9.17) is 4.74 Å². The average molecular weight is 279 g/mol. The quantitative estimate of drug-likeness (QED) is 0.871. The molecule has 1 N–H and O–H groups in total. The molecule has 4 heteroatoms. The minimum atomic E-state index is -0.624. The van der Waals surface area contributed by atoms with Gasteiger partial charge in [0.15, 0.2) is 6.10 Å². The minimum Gasteiger partial charge on any atom is -0.481 e. The Kier molecular flexibility index (Phi) is 6.02. The van der Waals surface area contributed by atoms with Gasteiger partial charge < -0.3 is 14.7 Å². The SMILES string of the molecule is CCN(CC)C(=O)C(C)Oc1ccc(C)cc1[C@H](C)O. The first-order chi connectivity index (χ1) is 9.40. The van der Waals surface area contributed by atoms with Crippen molar-refractivity contribution in [1.82, 2.24) is 4.90 Å². The number of aliphatic hydroxyl groups is 1. The molecule has 0 radical (unpaired) electrons. The van der Waals surface area contributed by atoms with E-state index in [0.717, 1.165) is 5.56 Å². The van der Waals surface area contributed by atoms with Crippen LogP contribution in [0.4, 0.5) is 0 Å². The van der Waals surface area contributed by atoms with Gasteiger partial charge in [0.25, 0.3) is 5.91 Å². The van der Waals surface area contributed by atoms with Gasteiger partial charge in [-0.3, -0.25) is 4.79 Å². The number of hydrogen-bond acceptors (Lipinski definition) is 3. The molecule has 20 heavy (non-hydrogen) atoms. The lowest BCUT2D eigenvalue weighted by molar-refractivity contribution is -0.137. The molecule has 1 unspecified atom stereocenters. The van der Waals surface area contributed by atoms with Gasteiger partial charge in [0.05, 0.1) is 6.10 Å². The van der Waals surface area contributed by atoms with Crippen molar-refractivity contribution in [2.75, 3.05) is 13.1 Å². The van der Waals surface area contributed by atoms with Crippen molar-refractivity contribution in [3.8, 4) is 5.75 Å². The second kappa shape index (κ2) is 7.29. The zero-order valence-electron chi connectivity index (χ0n) is 13.0. The molecular formula is C16H25NO3. The summed E-state index contributed by atoms with van der Waals surface area (Å²) in [4.78, 5) is 13.9. The number of likely N-dealkylation sites (N-methyl/N-ethyl adjacent to an activating group) is 1. The minimum absolute atomic E-state index is 0.0351. The molecule has 0 saturated heterocycles. The zero-order valence-corrected chi connectivity index (χ0v) is 13.0. The van der Waals surface area contributed by atoms with E-state index in [-0.39, 0.29) is 5.91 Å². The number of benzene rings is 1. The van der Waals surface area contributed by atoms with Crippen molar-refractivity contribution in [2.45, 2.75) is 46.8 Å². The Morgan fingerprint density at radius 3 is 2.40 bits per heavy atom. The predicted molar refractivity (Wildman–Crippen MR) is 79.8 cm³/mol. The fourth-order valence-corrected chi connectivity index (χ4v) is 2.13. The Morgan fingerprint density at radius 1 is 1.30 bits per heavy atom. The zero-order chi connectivity index (χ0) is 15.3. The monoisotopic (exact) mass is 279 g/mol. The highest BCUT2D eigenvalue weighted by Crippen LogP contribution is 2.27. The van der Waals surface area contributed by atoms with Gasteiger partial charge in [-0.05, 0) is 46.8 Å². The molecule has 0 fully saturated rings. The third-order valence-corrected chi connectivity index (χ3v) is 3.34. The number of aliphatic hydroxyl groups excluding tert-OH is 1. The molecule has 0 aliphatic rings. The Bertz CT molecular complexity index is 453. The summed E-state index contributed by atoms with van der Waals surface area (Å²) in [6.45, 7) is 10.6. The van der Waals surface area contributed by atoms with Crippen molar-refractivity contribution in [1.29, 1.82) is 0 Å². The Labute approximate surface area is 121 Å². The average Bonchev–Trinajstić information content (AvgIpc) is 2.41. The van der Waals surface area contributed by atoms with Gasteiger partial charge in [-0.15, -0.1) is 0 Å². The molecule has 1 amide bonds. The molecule has 1 aromatic carbocycles. The highest BCUT2D eigenvalue weighted by molar-refractivity contribution is 5.80. The van der Waals surface area contributed by atoms with Crippen LogP contribution >= 0.6 is 0 Å². The normalized spacial score (nSPS) is 13.7. The van der Waals surface area contributed by atoms with Gasteiger partial charge in [-0.2, -0.15) is 0 Å². The number of amides is 1. The number of hydrogen-bond donors (Lipinski definition) is 1. The van der Waals surface area contributed by atoms with E-state index >= 15 is 0 Å². The summed E-state index contributed by atoms with van der Waals surface area (Å²) < 4.78 is 5.76. The van der Waals surface area contributed by atoms with Crippen molar-refractivity contribution < 1.29 is 14.6 Å². The fourth-order valence-electron chi connectivity index (χ4n) is 2.13. The Balaban J connectivity index is 2.90. The summed E-state index contributed by atoms with van der Waals surface area (Å²) in [7, 11) is 0. The molecule has 0 aliphatic heterocycles. The summed E-state index contributed by atoms with van der Waals surface area (Å²) in [5.41, 5.74) is 1.76. The molecule has 0 aliphatic carbocycles. The summed E-state index contributed by atoms with van der Waals surface area (Å²) in [6.07, 6.45) is -1.18. The van der Waals surface area contributed by atoms with Crippen LogP contribution in [-0.4, -0.2) is 35.1 Å². The van der Waals surface area contributed by atoms with E-state index in [2.05, 4.69) is 0 Å². The van der Waals surface area contributed by atoms with Crippen LogP contribution in [-0.2, 0) is 4.79 Å². The summed E-state index contributed by atoms with van der Waals surface area (Å²) in [5, 5.41) is 9.81. The van der Waals surface area contributed by atoms with Gasteiger partial charge in [-0.1, -0.05) is 11.6 Å². The molecule has 0 spiro atoms. The van der Waals surface area contributed by atoms with E-state index < -0.39 is 12.2 Å². The molecule has 0 aromatic heterocycles. The van der Waals surface area contributed by atoms with Crippen LogP contribution in [0.15, 0.2) is 18.2 Å². The maximum absolute atomic E-state index is 12.2. The van der Waals surface area contributed by atoms with Gasteiger partial charge in [0, 0.05) is 18.7 Å². The topological polar surface area (TPSA) is 49.8 Å². The highest BCUT2D eigenvalue weighted by Gasteiger charge is 2.21. The van der Waals surface area contributed by atoms with Gasteiger partial charge in [0.1, 0.15) is 5.75 Å². The number of ether oxygens (including phenoxy) is 1. The lowest BCUT2D eigenvalue weighted by Gasteiger charge is -2.24. The first-order valence-electron chi connectivity index (χ1n) is 7.14. The summed E-state index contributed by atoms with van der Waals surface area (Å²) in [6, 6.07) is 5.60. The molecular weight excluding hydrogens is 254 g/mol. The van der Waals surface area contributed by atoms with Crippen LogP contribution in [0.5, 0.6) is 5.75 Å². The molecule has 1 aromatic rings. The van der Waals surface area contributed by atoms with E-state index in [9.17, 15) is 9.90 Å². The molecule has 0 heterocycles. The van der Waals surface area contributed by atoms with Gasteiger partial charge >= 0.3 is 0 Å². The van der Waals surface area contributed by atoms with Crippen molar-refractivity contribution in [3.63, 3.8) is 0 Å². The first-order valence-corrected chi connectivity index (χ1v) is 7.14. The second-order valence-electron chi connectivity index (χ2n) is 4.99. The number of carbonyl (C=O) groups is 1. The van der Waals surface area contributed by atoms with Gasteiger partial charge in [-0.25, -0.2) is 0 Å². The summed E-state index contributed by atoms with van der Waals surface area (Å²) >= 11 is 0. The summed E-state index contributed by atoms with van der Waals surface area (Å²) in [5.74, 6) is 0.533. The molecule has 0 bridgehead atoms. The highest BCUT2D eigenvalue weighted by atomic mass is 16.5. The van der Waals surface area contributed by atoms with E-state index in [1.165, 1.54) is 0 Å². The van der Waals surface area contributed by atoms with Gasteiger partial charge in [0.2, 0.25) is 0 Å². The van der Waals surface area contributed by atoms with Crippen LogP contribution < -0.4 is 4.74 Å². The lowest BCUT2D eigenvalue weighted by atomic mass is 10.1. The largest absolute Gasteiger partial charge is 0.481 e. The molecule has 112 valence electrons. The standard InChI is InChI=1S/C16H25NO3/c1-6-17(7-2)16(19)13(5)20-15-9-8-11(3)10-14(15)12(4)18/h8-10,12-13,18H,6-7H2,1-5H3/t12-,13?/m0/s1. The molecule has 1 rings (SSSR count). The van der Waals surface area contributed by atoms with Crippen LogP contribution in [0.2, 0.25) is 0 Å². The number of aryl methyl sites for hydroxylation is 1. The lowest BCUT2D eigenvalue weighted by Crippen LogP contribution is -2.40. The third kappa shape index (κ3) is 3.97. The smallest absolute Gasteiger partial charge is 0.263 e. The van der Waals surface area contributed by atoms with Crippen LogP contribution in [0.25, 0.3) is 0 Å². The molecule has 4 nitrogen and oxygen atoms in total. The van der Waals surface area contributed by atoms with E-state index in [0.29, 0.717) is 24.4 Å². The second-order valence-corrected chi connectivity index (χ2v) is 4.99. The predicted octanol–water partition coefficient (Wildman–Crippen LogP) is 2.68. The Morgan fingerprint density at radius 2 is 1.90 bits per heavy atom. The van der Waals surface area contributed by atoms with E-state index in [1.54, 1.807) is 18.7 Å². The maximum Gasteiger partial charge on any atom is 0.263 e. The van der Waals surface area contributed by atoms with Crippen molar-refractivity contribution >= 4 is 5.91 Å². The third-order valence-electron chi connectivity index (χ3n) is 3.34. The maximum atomic E-state index is 12.2. The molecule has 2 atom stereocenters. The van der Waals surface area contributed by atoms with Crippen molar-refractivity contribution in [3.05, 3.63) is 29.3 Å². The Hall–Kier alpha value is -1.55. The first kappa shape index (κ1) is 16.5. The van der Waals surface area contributed by atoms with E-state index in [1.807, 2.05) is 39.0 Å².